The Kier molecular flexibility index (Phi) is 4.92. The maximum atomic E-state index is 12.0. The lowest BCUT2D eigenvalue weighted by Crippen LogP contribution is -2.19. The third-order valence-electron chi connectivity index (χ3n) is 3.14. The zero-order valence-electron chi connectivity index (χ0n) is 12.6. The molecule has 0 unspecified atom stereocenters. The summed E-state index contributed by atoms with van der Waals surface area (Å²) in [5.74, 6) is 0.737. The standard InChI is InChI=1S/C15H20N4O2/c1-4-5-8-19(3)12-6-7-13(16-10-12)15(20)17-14-9-11(2)21-18-14/h6-7,9-10H,4-5,8H2,1-3H3,(H,17,18,20). The Morgan fingerprint density at radius 3 is 2.81 bits per heavy atom. The maximum absolute atomic E-state index is 12.0. The van der Waals surface area contributed by atoms with Crippen LogP contribution in [0, 0.1) is 6.92 Å². The molecule has 0 fully saturated rings. The van der Waals surface area contributed by atoms with Crippen LogP contribution in [-0.2, 0) is 0 Å². The monoisotopic (exact) mass is 288 g/mol. The Hall–Kier alpha value is -2.37. The second-order valence-corrected chi connectivity index (χ2v) is 4.95. The first-order valence-electron chi connectivity index (χ1n) is 7.02. The molecule has 2 rings (SSSR count). The number of aromatic nitrogens is 2. The molecule has 0 aliphatic heterocycles. The van der Waals surface area contributed by atoms with E-state index in [1.807, 2.05) is 13.1 Å². The van der Waals surface area contributed by atoms with Crippen molar-refractivity contribution in [2.45, 2.75) is 26.7 Å². The molecular weight excluding hydrogens is 268 g/mol. The van der Waals surface area contributed by atoms with Crippen molar-refractivity contribution in [1.29, 1.82) is 0 Å². The fourth-order valence-electron chi connectivity index (χ4n) is 1.88. The van der Waals surface area contributed by atoms with E-state index in [4.69, 9.17) is 4.52 Å². The van der Waals surface area contributed by atoms with Gasteiger partial charge in [0.25, 0.3) is 5.91 Å². The molecule has 0 aromatic carbocycles. The average Bonchev–Trinajstić information content (AvgIpc) is 2.90. The van der Waals surface area contributed by atoms with Crippen molar-refractivity contribution in [3.8, 4) is 0 Å². The fraction of sp³-hybridized carbons (Fsp3) is 0.400. The summed E-state index contributed by atoms with van der Waals surface area (Å²) in [5, 5.41) is 6.36. The van der Waals surface area contributed by atoms with Gasteiger partial charge in [0, 0.05) is 19.7 Å². The Morgan fingerprint density at radius 1 is 1.43 bits per heavy atom. The number of carbonyl (C=O) groups is 1. The normalized spacial score (nSPS) is 10.4. The summed E-state index contributed by atoms with van der Waals surface area (Å²) in [4.78, 5) is 18.3. The SMILES string of the molecule is CCCCN(C)c1ccc(C(=O)Nc2cc(C)on2)nc1. The minimum atomic E-state index is -0.300. The number of unbranched alkanes of at least 4 members (excludes halogenated alkanes) is 1. The summed E-state index contributed by atoms with van der Waals surface area (Å²) in [6, 6.07) is 5.26. The van der Waals surface area contributed by atoms with Crippen molar-refractivity contribution in [1.82, 2.24) is 10.1 Å². The second-order valence-electron chi connectivity index (χ2n) is 4.95. The van der Waals surface area contributed by atoms with Gasteiger partial charge in [0.05, 0.1) is 11.9 Å². The molecule has 1 N–H and O–H groups in total. The Bertz CT molecular complexity index is 592. The molecule has 21 heavy (non-hydrogen) atoms. The van der Waals surface area contributed by atoms with E-state index in [0.717, 1.165) is 25.1 Å². The van der Waals surface area contributed by atoms with E-state index >= 15 is 0 Å². The molecule has 0 aliphatic carbocycles. The molecule has 2 aromatic rings. The van der Waals surface area contributed by atoms with Crippen LogP contribution in [0.5, 0.6) is 0 Å². The van der Waals surface area contributed by atoms with E-state index in [2.05, 4.69) is 27.3 Å². The zero-order valence-corrected chi connectivity index (χ0v) is 12.6. The minimum absolute atomic E-state index is 0.300. The number of hydrogen-bond acceptors (Lipinski definition) is 5. The summed E-state index contributed by atoms with van der Waals surface area (Å²) < 4.78 is 4.90. The molecule has 0 saturated heterocycles. The number of amides is 1. The van der Waals surface area contributed by atoms with Gasteiger partial charge >= 0.3 is 0 Å². The molecule has 0 bridgehead atoms. The quantitative estimate of drug-likeness (QED) is 0.885. The minimum Gasteiger partial charge on any atom is -0.373 e. The largest absolute Gasteiger partial charge is 0.373 e. The number of nitrogens with one attached hydrogen (secondary N) is 1. The highest BCUT2D eigenvalue weighted by atomic mass is 16.5. The first-order valence-corrected chi connectivity index (χ1v) is 7.02. The highest BCUT2D eigenvalue weighted by Gasteiger charge is 2.10. The van der Waals surface area contributed by atoms with Gasteiger partial charge < -0.3 is 14.7 Å². The number of hydrogen-bond donors (Lipinski definition) is 1. The van der Waals surface area contributed by atoms with Crippen LogP contribution in [0.4, 0.5) is 11.5 Å². The summed E-state index contributed by atoms with van der Waals surface area (Å²) >= 11 is 0. The topological polar surface area (TPSA) is 71.3 Å². The van der Waals surface area contributed by atoms with Gasteiger partial charge in [-0.3, -0.25) is 4.79 Å². The molecule has 0 spiro atoms. The predicted octanol–water partition coefficient (Wildman–Crippen LogP) is 2.87. The Labute approximate surface area is 124 Å². The van der Waals surface area contributed by atoms with Crippen LogP contribution in [0.2, 0.25) is 0 Å². The molecule has 0 saturated carbocycles. The van der Waals surface area contributed by atoms with E-state index in [1.54, 1.807) is 25.3 Å². The van der Waals surface area contributed by atoms with E-state index in [1.165, 1.54) is 0 Å². The van der Waals surface area contributed by atoms with Crippen molar-refractivity contribution < 1.29 is 9.32 Å². The summed E-state index contributed by atoms with van der Waals surface area (Å²) in [5.41, 5.74) is 1.35. The number of anilines is 2. The highest BCUT2D eigenvalue weighted by Crippen LogP contribution is 2.13. The Morgan fingerprint density at radius 2 is 2.24 bits per heavy atom. The summed E-state index contributed by atoms with van der Waals surface area (Å²) in [6.07, 6.45) is 3.98. The van der Waals surface area contributed by atoms with Gasteiger partial charge in [0.2, 0.25) is 0 Å². The summed E-state index contributed by atoms with van der Waals surface area (Å²) in [6.45, 7) is 4.90. The molecular formula is C15H20N4O2. The molecule has 0 radical (unpaired) electrons. The van der Waals surface area contributed by atoms with Crippen molar-refractivity contribution >= 4 is 17.4 Å². The van der Waals surface area contributed by atoms with Gasteiger partial charge in [0.1, 0.15) is 11.5 Å². The van der Waals surface area contributed by atoms with Crippen molar-refractivity contribution in [2.24, 2.45) is 0 Å². The molecule has 2 aromatic heterocycles. The number of carbonyl (C=O) groups excluding carboxylic acids is 1. The predicted molar refractivity (Wildman–Crippen MR) is 81.6 cm³/mol. The van der Waals surface area contributed by atoms with Crippen molar-refractivity contribution in [3.05, 3.63) is 35.9 Å². The van der Waals surface area contributed by atoms with Crippen LogP contribution in [0.3, 0.4) is 0 Å². The lowest BCUT2D eigenvalue weighted by atomic mass is 10.2. The van der Waals surface area contributed by atoms with Crippen LogP contribution in [0.1, 0.15) is 36.0 Å². The first-order chi connectivity index (χ1) is 10.1. The zero-order chi connectivity index (χ0) is 15.2. The van der Waals surface area contributed by atoms with Gasteiger partial charge in [0.15, 0.2) is 5.82 Å². The number of nitrogens with zero attached hydrogens (tertiary/aromatic N) is 3. The van der Waals surface area contributed by atoms with Crippen molar-refractivity contribution in [3.63, 3.8) is 0 Å². The molecule has 6 heteroatoms. The van der Waals surface area contributed by atoms with E-state index in [0.29, 0.717) is 17.3 Å². The van der Waals surface area contributed by atoms with Crippen molar-refractivity contribution in [2.75, 3.05) is 23.8 Å². The van der Waals surface area contributed by atoms with Crippen LogP contribution in [0.25, 0.3) is 0 Å². The maximum Gasteiger partial charge on any atom is 0.275 e. The van der Waals surface area contributed by atoms with Gasteiger partial charge in [-0.2, -0.15) is 0 Å². The molecule has 0 atom stereocenters. The molecule has 2 heterocycles. The second kappa shape index (κ2) is 6.88. The van der Waals surface area contributed by atoms with E-state index in [-0.39, 0.29) is 5.91 Å². The average molecular weight is 288 g/mol. The lowest BCUT2D eigenvalue weighted by molar-refractivity contribution is 0.102. The van der Waals surface area contributed by atoms with E-state index < -0.39 is 0 Å². The van der Waals surface area contributed by atoms with Crippen LogP contribution in [0.15, 0.2) is 28.9 Å². The van der Waals surface area contributed by atoms with Crippen LogP contribution >= 0.6 is 0 Å². The highest BCUT2D eigenvalue weighted by molar-refractivity contribution is 6.02. The first kappa shape index (κ1) is 15.0. The van der Waals surface area contributed by atoms with Gasteiger partial charge in [-0.1, -0.05) is 18.5 Å². The van der Waals surface area contributed by atoms with Crippen LogP contribution < -0.4 is 10.2 Å². The van der Waals surface area contributed by atoms with Crippen LogP contribution in [-0.4, -0.2) is 29.6 Å². The summed E-state index contributed by atoms with van der Waals surface area (Å²) in [7, 11) is 2.02. The molecule has 0 aliphatic rings. The van der Waals surface area contributed by atoms with Gasteiger partial charge in [-0.15, -0.1) is 0 Å². The van der Waals surface area contributed by atoms with Gasteiger partial charge in [-0.25, -0.2) is 4.98 Å². The number of aryl methyl sites for hydroxylation is 1. The molecule has 112 valence electrons. The smallest absolute Gasteiger partial charge is 0.275 e. The third kappa shape index (κ3) is 4.05. The Balaban J connectivity index is 1.99. The molecule has 6 nitrogen and oxygen atoms in total. The number of pyridine rings is 1. The third-order valence-corrected chi connectivity index (χ3v) is 3.14. The number of rotatable bonds is 6. The fourth-order valence-corrected chi connectivity index (χ4v) is 1.88. The molecule has 1 amide bonds. The van der Waals surface area contributed by atoms with E-state index in [9.17, 15) is 4.79 Å². The lowest BCUT2D eigenvalue weighted by Gasteiger charge is -2.18. The van der Waals surface area contributed by atoms with Gasteiger partial charge in [-0.05, 0) is 25.5 Å².